The number of carbonyl (C=O) groups excluding carboxylic acids is 2. The summed E-state index contributed by atoms with van der Waals surface area (Å²) in [5.74, 6) is 0.283. The molecule has 1 aliphatic rings. The largest absolute Gasteiger partial charge is 0.494 e. The molecule has 0 unspecified atom stereocenters. The van der Waals surface area contributed by atoms with Gasteiger partial charge in [-0.1, -0.05) is 25.5 Å². The Kier molecular flexibility index (Phi) is 8.07. The predicted molar refractivity (Wildman–Crippen MR) is 119 cm³/mol. The molecule has 1 amide bonds. The first-order valence-corrected chi connectivity index (χ1v) is 10.7. The topological polar surface area (TPSA) is 64.6 Å². The van der Waals surface area contributed by atoms with Crippen molar-refractivity contribution in [3.05, 3.63) is 65.7 Å². The highest BCUT2D eigenvalue weighted by Gasteiger charge is 2.18. The van der Waals surface area contributed by atoms with E-state index in [2.05, 4.69) is 12.2 Å². The van der Waals surface area contributed by atoms with Crippen LogP contribution in [0.5, 0.6) is 5.75 Å². The summed E-state index contributed by atoms with van der Waals surface area (Å²) in [6.07, 6.45) is 9.56. The molecule has 0 atom stereocenters. The summed E-state index contributed by atoms with van der Waals surface area (Å²) in [7, 11) is 0. The lowest BCUT2D eigenvalue weighted by molar-refractivity contribution is -0.111. The number of hydrogen-bond acceptors (Lipinski definition) is 4. The number of nitrogens with one attached hydrogen (secondary N) is 1. The van der Waals surface area contributed by atoms with Gasteiger partial charge in [-0.25, -0.2) is 4.79 Å². The van der Waals surface area contributed by atoms with E-state index in [4.69, 9.17) is 9.47 Å². The minimum absolute atomic E-state index is 0.0306. The number of carbonyl (C=O) groups is 2. The maximum atomic E-state index is 12.3. The van der Waals surface area contributed by atoms with E-state index < -0.39 is 0 Å². The van der Waals surface area contributed by atoms with Crippen LogP contribution >= 0.6 is 0 Å². The Morgan fingerprint density at radius 2 is 1.70 bits per heavy atom. The van der Waals surface area contributed by atoms with Gasteiger partial charge in [-0.05, 0) is 80.1 Å². The van der Waals surface area contributed by atoms with Gasteiger partial charge in [-0.15, -0.1) is 0 Å². The van der Waals surface area contributed by atoms with E-state index >= 15 is 0 Å². The second-order valence-electron chi connectivity index (χ2n) is 7.48. The van der Waals surface area contributed by atoms with Gasteiger partial charge in [0, 0.05) is 11.8 Å². The van der Waals surface area contributed by atoms with Gasteiger partial charge in [0.05, 0.1) is 12.2 Å². The van der Waals surface area contributed by atoms with Crippen LogP contribution < -0.4 is 10.1 Å². The summed E-state index contributed by atoms with van der Waals surface area (Å²) in [6.45, 7) is 2.75. The van der Waals surface area contributed by atoms with E-state index in [-0.39, 0.29) is 18.0 Å². The van der Waals surface area contributed by atoms with Crippen molar-refractivity contribution < 1.29 is 19.1 Å². The fourth-order valence-corrected chi connectivity index (χ4v) is 3.34. The molecule has 1 aliphatic carbocycles. The number of hydrogen-bond donors (Lipinski definition) is 1. The molecular weight excluding hydrogens is 378 g/mol. The minimum atomic E-state index is -0.300. The molecule has 5 heteroatoms. The summed E-state index contributed by atoms with van der Waals surface area (Å²) >= 11 is 0. The summed E-state index contributed by atoms with van der Waals surface area (Å²) in [6, 6.07) is 14.4. The van der Waals surface area contributed by atoms with Crippen LogP contribution in [-0.2, 0) is 9.53 Å². The third kappa shape index (κ3) is 6.76. The van der Waals surface area contributed by atoms with E-state index in [9.17, 15) is 9.59 Å². The minimum Gasteiger partial charge on any atom is -0.494 e. The molecule has 1 N–H and O–H groups in total. The molecule has 0 radical (unpaired) electrons. The Morgan fingerprint density at radius 3 is 2.37 bits per heavy atom. The Balaban J connectivity index is 1.49. The molecule has 0 aliphatic heterocycles. The van der Waals surface area contributed by atoms with E-state index in [1.807, 2.05) is 24.3 Å². The molecule has 0 spiro atoms. The number of rotatable bonds is 8. The monoisotopic (exact) mass is 407 g/mol. The lowest BCUT2D eigenvalue weighted by Crippen LogP contribution is -2.20. The summed E-state index contributed by atoms with van der Waals surface area (Å²) in [5, 5.41) is 2.80. The number of anilines is 1. The Hall–Kier alpha value is -3.08. The molecule has 0 saturated heterocycles. The number of ether oxygens (including phenoxy) is 2. The van der Waals surface area contributed by atoms with Gasteiger partial charge < -0.3 is 14.8 Å². The molecule has 5 nitrogen and oxygen atoms in total. The maximum absolute atomic E-state index is 12.3. The number of benzene rings is 2. The van der Waals surface area contributed by atoms with Crippen molar-refractivity contribution in [1.82, 2.24) is 0 Å². The van der Waals surface area contributed by atoms with Crippen molar-refractivity contribution in [2.75, 3.05) is 11.9 Å². The Morgan fingerprint density at radius 1 is 1.00 bits per heavy atom. The normalized spacial score (nSPS) is 14.4. The SMILES string of the molecule is CCCOc1ccc(/C=C/C(=O)Nc2ccc(C(=O)OC3CCCCC3)cc2)cc1. The van der Waals surface area contributed by atoms with Gasteiger partial charge in [0.25, 0.3) is 0 Å². The van der Waals surface area contributed by atoms with Crippen molar-refractivity contribution >= 4 is 23.6 Å². The zero-order valence-electron chi connectivity index (χ0n) is 17.4. The van der Waals surface area contributed by atoms with Crippen LogP contribution in [0.15, 0.2) is 54.6 Å². The molecule has 1 fully saturated rings. The van der Waals surface area contributed by atoms with Crippen LogP contribution in [0.2, 0.25) is 0 Å². The van der Waals surface area contributed by atoms with Crippen LogP contribution in [-0.4, -0.2) is 24.6 Å². The van der Waals surface area contributed by atoms with Gasteiger partial charge in [0.1, 0.15) is 11.9 Å². The molecule has 2 aromatic rings. The van der Waals surface area contributed by atoms with Gasteiger partial charge >= 0.3 is 5.97 Å². The molecule has 1 saturated carbocycles. The van der Waals surface area contributed by atoms with Crippen molar-refractivity contribution in [3.8, 4) is 5.75 Å². The highest BCUT2D eigenvalue weighted by Crippen LogP contribution is 2.22. The first-order valence-electron chi connectivity index (χ1n) is 10.7. The van der Waals surface area contributed by atoms with Crippen LogP contribution in [0.1, 0.15) is 61.4 Å². The third-order valence-electron chi connectivity index (χ3n) is 4.99. The van der Waals surface area contributed by atoms with E-state index in [0.717, 1.165) is 43.4 Å². The average Bonchev–Trinajstić information content (AvgIpc) is 2.78. The molecule has 3 rings (SSSR count). The first-order chi connectivity index (χ1) is 14.6. The fourth-order valence-electron chi connectivity index (χ4n) is 3.34. The fraction of sp³-hybridized carbons (Fsp3) is 0.360. The molecule has 0 aromatic heterocycles. The van der Waals surface area contributed by atoms with Crippen LogP contribution in [0.3, 0.4) is 0 Å². The highest BCUT2D eigenvalue weighted by atomic mass is 16.5. The second kappa shape index (κ2) is 11.2. The van der Waals surface area contributed by atoms with Crippen molar-refractivity contribution in [2.45, 2.75) is 51.6 Å². The number of esters is 1. The Bertz CT molecular complexity index is 850. The summed E-state index contributed by atoms with van der Waals surface area (Å²) < 4.78 is 11.1. The van der Waals surface area contributed by atoms with Gasteiger partial charge in [-0.2, -0.15) is 0 Å². The molecule has 2 aromatic carbocycles. The van der Waals surface area contributed by atoms with Crippen LogP contribution in [0.4, 0.5) is 5.69 Å². The van der Waals surface area contributed by atoms with Gasteiger partial charge in [0.2, 0.25) is 5.91 Å². The average molecular weight is 408 g/mol. The number of amides is 1. The highest BCUT2D eigenvalue weighted by molar-refractivity contribution is 6.02. The molecule has 30 heavy (non-hydrogen) atoms. The zero-order chi connectivity index (χ0) is 21.2. The smallest absolute Gasteiger partial charge is 0.338 e. The second-order valence-corrected chi connectivity index (χ2v) is 7.48. The van der Waals surface area contributed by atoms with E-state index in [0.29, 0.717) is 17.9 Å². The van der Waals surface area contributed by atoms with Crippen molar-refractivity contribution in [1.29, 1.82) is 0 Å². The summed E-state index contributed by atoms with van der Waals surface area (Å²) in [5.41, 5.74) is 2.04. The lowest BCUT2D eigenvalue weighted by atomic mass is 9.98. The van der Waals surface area contributed by atoms with Crippen LogP contribution in [0.25, 0.3) is 6.08 Å². The summed E-state index contributed by atoms with van der Waals surface area (Å²) in [4.78, 5) is 24.4. The molecule has 158 valence electrons. The molecular formula is C25H29NO4. The Labute approximate surface area is 178 Å². The quantitative estimate of drug-likeness (QED) is 0.456. The predicted octanol–water partition coefficient (Wildman–Crippen LogP) is 5.62. The molecule has 0 bridgehead atoms. The van der Waals surface area contributed by atoms with Crippen molar-refractivity contribution in [3.63, 3.8) is 0 Å². The zero-order valence-corrected chi connectivity index (χ0v) is 17.4. The standard InChI is InChI=1S/C25H29NO4/c1-2-18-29-22-15-8-19(9-16-22)10-17-24(27)26-21-13-11-20(12-14-21)25(28)30-23-6-4-3-5-7-23/h8-17,23H,2-7,18H2,1H3,(H,26,27)/b17-10+. The van der Waals surface area contributed by atoms with Gasteiger partial charge in [0.15, 0.2) is 0 Å². The first kappa shape index (κ1) is 21.6. The third-order valence-corrected chi connectivity index (χ3v) is 4.99. The maximum Gasteiger partial charge on any atom is 0.338 e. The van der Waals surface area contributed by atoms with Crippen LogP contribution in [0, 0.1) is 0 Å². The van der Waals surface area contributed by atoms with Gasteiger partial charge in [-0.3, -0.25) is 4.79 Å². The lowest BCUT2D eigenvalue weighted by Gasteiger charge is -2.21. The molecule has 0 heterocycles. The van der Waals surface area contributed by atoms with Crippen molar-refractivity contribution in [2.24, 2.45) is 0 Å². The van der Waals surface area contributed by atoms with E-state index in [1.54, 1.807) is 30.3 Å². The van der Waals surface area contributed by atoms with E-state index in [1.165, 1.54) is 12.5 Å².